The third-order valence-corrected chi connectivity index (χ3v) is 4.54. The van der Waals surface area contributed by atoms with Gasteiger partial charge >= 0.3 is 0 Å². The lowest BCUT2D eigenvalue weighted by molar-refractivity contribution is 0.795. The van der Waals surface area contributed by atoms with Crippen LogP contribution in [0.5, 0.6) is 0 Å². The Labute approximate surface area is 155 Å². The van der Waals surface area contributed by atoms with Crippen LogP contribution in [0.25, 0.3) is 22.8 Å². The molecule has 0 fully saturated rings. The third-order valence-electron chi connectivity index (χ3n) is 4.54. The Balaban J connectivity index is 1.69. The van der Waals surface area contributed by atoms with Crippen molar-refractivity contribution in [1.29, 1.82) is 0 Å². The van der Waals surface area contributed by atoms with E-state index in [-0.39, 0.29) is 0 Å². The maximum Gasteiger partial charge on any atom is 0.203 e. The number of aryl methyl sites for hydroxylation is 2. The standard InChI is InChI=1S/C22H26N4/c1-3-5-7-17-9-13-19(14-10-17)21-23-25-22(26-24-21)20-15-11-18(12-16-20)8-6-4-2/h9-16H,3-8H2,1-2H3. The topological polar surface area (TPSA) is 51.6 Å². The molecule has 1 aromatic heterocycles. The molecule has 3 rings (SSSR count). The number of aromatic nitrogens is 4. The molecule has 0 aliphatic heterocycles. The van der Waals surface area contributed by atoms with Crippen LogP contribution in [0.2, 0.25) is 0 Å². The molecule has 0 saturated heterocycles. The predicted molar refractivity (Wildman–Crippen MR) is 106 cm³/mol. The van der Waals surface area contributed by atoms with Crippen LogP contribution < -0.4 is 0 Å². The van der Waals surface area contributed by atoms with Crippen molar-refractivity contribution in [2.24, 2.45) is 0 Å². The van der Waals surface area contributed by atoms with E-state index in [4.69, 9.17) is 0 Å². The second-order valence-corrected chi connectivity index (χ2v) is 6.65. The highest BCUT2D eigenvalue weighted by Crippen LogP contribution is 2.18. The zero-order valence-electron chi connectivity index (χ0n) is 15.7. The van der Waals surface area contributed by atoms with Gasteiger partial charge < -0.3 is 0 Å². The van der Waals surface area contributed by atoms with E-state index in [1.54, 1.807) is 0 Å². The Morgan fingerprint density at radius 3 is 1.19 bits per heavy atom. The summed E-state index contributed by atoms with van der Waals surface area (Å²) in [5, 5.41) is 17.1. The SMILES string of the molecule is CCCCc1ccc(-c2nnc(-c3ccc(CCCC)cc3)nn2)cc1. The van der Waals surface area contributed by atoms with Crippen molar-refractivity contribution in [2.75, 3.05) is 0 Å². The van der Waals surface area contributed by atoms with Crippen LogP contribution in [0.4, 0.5) is 0 Å². The number of unbranched alkanes of at least 4 members (excludes halogenated alkanes) is 2. The van der Waals surface area contributed by atoms with Gasteiger partial charge in [-0.25, -0.2) is 0 Å². The minimum atomic E-state index is 0.565. The van der Waals surface area contributed by atoms with E-state index < -0.39 is 0 Å². The molecule has 3 aromatic rings. The van der Waals surface area contributed by atoms with Crippen molar-refractivity contribution in [3.05, 3.63) is 59.7 Å². The van der Waals surface area contributed by atoms with Gasteiger partial charge in [0.2, 0.25) is 11.6 Å². The Morgan fingerprint density at radius 2 is 0.885 bits per heavy atom. The summed E-state index contributed by atoms with van der Waals surface area (Å²) >= 11 is 0. The molecular weight excluding hydrogens is 320 g/mol. The van der Waals surface area contributed by atoms with Gasteiger partial charge in [0.25, 0.3) is 0 Å². The van der Waals surface area contributed by atoms with Crippen molar-refractivity contribution in [3.8, 4) is 22.8 Å². The lowest BCUT2D eigenvalue weighted by Gasteiger charge is -2.04. The fraction of sp³-hybridized carbons (Fsp3) is 0.364. The molecule has 0 aliphatic carbocycles. The summed E-state index contributed by atoms with van der Waals surface area (Å²) in [6, 6.07) is 16.7. The van der Waals surface area contributed by atoms with E-state index in [1.165, 1.54) is 36.8 Å². The van der Waals surface area contributed by atoms with E-state index >= 15 is 0 Å². The molecule has 0 aliphatic rings. The maximum atomic E-state index is 4.27. The summed E-state index contributed by atoms with van der Waals surface area (Å²) < 4.78 is 0. The molecule has 0 unspecified atom stereocenters. The van der Waals surface area contributed by atoms with Crippen molar-refractivity contribution in [2.45, 2.75) is 52.4 Å². The average molecular weight is 346 g/mol. The van der Waals surface area contributed by atoms with Gasteiger partial charge in [-0.15, -0.1) is 20.4 Å². The van der Waals surface area contributed by atoms with Crippen molar-refractivity contribution in [3.63, 3.8) is 0 Å². The number of hydrogen-bond donors (Lipinski definition) is 0. The summed E-state index contributed by atoms with van der Waals surface area (Å²) in [4.78, 5) is 0. The summed E-state index contributed by atoms with van der Waals surface area (Å²) in [7, 11) is 0. The van der Waals surface area contributed by atoms with Gasteiger partial charge in [0.15, 0.2) is 0 Å². The molecule has 4 heteroatoms. The zero-order valence-corrected chi connectivity index (χ0v) is 15.7. The molecule has 0 amide bonds. The fourth-order valence-corrected chi connectivity index (χ4v) is 2.86. The monoisotopic (exact) mass is 346 g/mol. The van der Waals surface area contributed by atoms with Crippen LogP contribution in [-0.2, 0) is 12.8 Å². The molecule has 0 N–H and O–H groups in total. The largest absolute Gasteiger partial charge is 0.203 e. The average Bonchev–Trinajstić information content (AvgIpc) is 2.72. The van der Waals surface area contributed by atoms with Crippen molar-refractivity contribution < 1.29 is 0 Å². The first-order valence-corrected chi connectivity index (χ1v) is 9.56. The molecular formula is C22H26N4. The molecule has 0 spiro atoms. The smallest absolute Gasteiger partial charge is 0.126 e. The molecule has 0 bridgehead atoms. The quantitative estimate of drug-likeness (QED) is 0.556. The molecule has 26 heavy (non-hydrogen) atoms. The minimum absolute atomic E-state index is 0.565. The Bertz CT molecular complexity index is 723. The van der Waals surface area contributed by atoms with E-state index in [0.717, 1.165) is 24.0 Å². The first-order valence-electron chi connectivity index (χ1n) is 9.56. The Hall–Kier alpha value is -2.62. The molecule has 0 atom stereocenters. The minimum Gasteiger partial charge on any atom is -0.126 e. The van der Waals surface area contributed by atoms with Crippen molar-refractivity contribution in [1.82, 2.24) is 20.4 Å². The second kappa shape index (κ2) is 9.18. The predicted octanol–water partition coefficient (Wildman–Crippen LogP) is 5.29. The first kappa shape index (κ1) is 18.2. The number of hydrogen-bond acceptors (Lipinski definition) is 4. The van der Waals surface area contributed by atoms with Gasteiger partial charge in [-0.1, -0.05) is 75.2 Å². The maximum absolute atomic E-state index is 4.27. The number of nitrogens with zero attached hydrogens (tertiary/aromatic N) is 4. The van der Waals surface area contributed by atoms with Crippen LogP contribution in [0.1, 0.15) is 50.7 Å². The zero-order chi connectivity index (χ0) is 18.2. The highest BCUT2D eigenvalue weighted by Gasteiger charge is 2.07. The van der Waals surface area contributed by atoms with E-state index in [0.29, 0.717) is 11.6 Å². The molecule has 4 nitrogen and oxygen atoms in total. The lowest BCUT2D eigenvalue weighted by atomic mass is 10.1. The van der Waals surface area contributed by atoms with Crippen LogP contribution >= 0.6 is 0 Å². The molecule has 134 valence electrons. The second-order valence-electron chi connectivity index (χ2n) is 6.65. The summed E-state index contributed by atoms with van der Waals surface area (Å²) in [6.07, 6.45) is 7.07. The lowest BCUT2D eigenvalue weighted by Crippen LogP contribution is -1.99. The number of rotatable bonds is 8. The molecule has 0 saturated carbocycles. The van der Waals surface area contributed by atoms with Gasteiger partial charge in [-0.2, -0.15) is 0 Å². The van der Waals surface area contributed by atoms with Crippen LogP contribution in [0.15, 0.2) is 48.5 Å². The fourth-order valence-electron chi connectivity index (χ4n) is 2.86. The van der Waals surface area contributed by atoms with E-state index in [2.05, 4.69) is 58.5 Å². The van der Waals surface area contributed by atoms with Crippen molar-refractivity contribution >= 4 is 0 Å². The van der Waals surface area contributed by atoms with E-state index in [1.807, 2.05) is 24.3 Å². The summed E-state index contributed by atoms with van der Waals surface area (Å²) in [5.41, 5.74) is 4.59. The molecule has 2 aromatic carbocycles. The summed E-state index contributed by atoms with van der Waals surface area (Å²) in [6.45, 7) is 4.42. The normalized spacial score (nSPS) is 10.8. The highest BCUT2D eigenvalue weighted by molar-refractivity contribution is 5.57. The van der Waals surface area contributed by atoms with Crippen LogP contribution in [-0.4, -0.2) is 20.4 Å². The Morgan fingerprint density at radius 1 is 0.538 bits per heavy atom. The van der Waals surface area contributed by atoms with Gasteiger partial charge in [0, 0.05) is 11.1 Å². The Kier molecular flexibility index (Phi) is 6.42. The highest BCUT2D eigenvalue weighted by atomic mass is 15.3. The first-order chi connectivity index (χ1) is 12.8. The van der Waals surface area contributed by atoms with Crippen LogP contribution in [0, 0.1) is 0 Å². The van der Waals surface area contributed by atoms with Gasteiger partial charge in [-0.05, 0) is 36.8 Å². The third kappa shape index (κ3) is 4.72. The van der Waals surface area contributed by atoms with Gasteiger partial charge in [0.05, 0.1) is 0 Å². The van der Waals surface area contributed by atoms with Gasteiger partial charge in [0.1, 0.15) is 0 Å². The molecule has 0 radical (unpaired) electrons. The summed E-state index contributed by atoms with van der Waals surface area (Å²) in [5.74, 6) is 1.13. The van der Waals surface area contributed by atoms with Gasteiger partial charge in [-0.3, -0.25) is 0 Å². The number of benzene rings is 2. The van der Waals surface area contributed by atoms with E-state index in [9.17, 15) is 0 Å². The van der Waals surface area contributed by atoms with Crippen LogP contribution in [0.3, 0.4) is 0 Å². The molecule has 1 heterocycles.